The molecule has 3 aromatic rings. The average molecular weight is 344 g/mol. The molecule has 25 heavy (non-hydrogen) atoms. The number of nitrogens with zero attached hydrogens (tertiary/aromatic N) is 2. The van der Waals surface area contributed by atoms with Gasteiger partial charge < -0.3 is 10.6 Å². The molecule has 1 heterocycles. The topological polar surface area (TPSA) is 66.9 Å². The molecule has 8 heteroatoms. The SMILES string of the molecule is O=C(Nc1c(F)cccc1F)c1ccnc(Nc2cccc(F)c2)n1. The van der Waals surface area contributed by atoms with Gasteiger partial charge in [0.25, 0.3) is 5.91 Å². The molecule has 0 spiro atoms. The van der Waals surface area contributed by atoms with Crippen LogP contribution in [0.1, 0.15) is 10.5 Å². The third-order valence-corrected chi connectivity index (χ3v) is 3.17. The Kier molecular flexibility index (Phi) is 4.60. The number of hydrogen-bond donors (Lipinski definition) is 2. The van der Waals surface area contributed by atoms with Gasteiger partial charge in [-0.2, -0.15) is 0 Å². The van der Waals surface area contributed by atoms with Gasteiger partial charge in [0.1, 0.15) is 28.8 Å². The number of halogens is 3. The first-order valence-corrected chi connectivity index (χ1v) is 7.14. The van der Waals surface area contributed by atoms with Crippen LogP contribution in [0.5, 0.6) is 0 Å². The first-order chi connectivity index (χ1) is 12.0. The number of carbonyl (C=O) groups excluding carboxylic acids is 1. The van der Waals surface area contributed by atoms with Crippen molar-refractivity contribution in [2.75, 3.05) is 10.6 Å². The van der Waals surface area contributed by atoms with Crippen LogP contribution in [0.2, 0.25) is 0 Å². The zero-order chi connectivity index (χ0) is 17.8. The number of anilines is 3. The lowest BCUT2D eigenvalue weighted by molar-refractivity contribution is 0.102. The standard InChI is InChI=1S/C17H11F3N4O/c18-10-3-1-4-11(9-10)22-17-21-8-7-14(23-17)16(25)24-15-12(19)5-2-6-13(15)20/h1-9H,(H,24,25)(H,21,22,23). The molecule has 0 unspecified atom stereocenters. The fourth-order valence-electron chi connectivity index (χ4n) is 2.04. The Morgan fingerprint density at radius 2 is 1.68 bits per heavy atom. The van der Waals surface area contributed by atoms with Crippen LogP contribution in [0.4, 0.5) is 30.5 Å². The first kappa shape index (κ1) is 16.4. The molecule has 0 fully saturated rings. The summed E-state index contributed by atoms with van der Waals surface area (Å²) in [5.74, 6) is -3.03. The van der Waals surface area contributed by atoms with Gasteiger partial charge in [0.2, 0.25) is 5.95 Å². The summed E-state index contributed by atoms with van der Waals surface area (Å²) in [5, 5.41) is 4.86. The third-order valence-electron chi connectivity index (χ3n) is 3.17. The maximum absolute atomic E-state index is 13.6. The number of aromatic nitrogens is 2. The molecular weight excluding hydrogens is 333 g/mol. The zero-order valence-corrected chi connectivity index (χ0v) is 12.6. The smallest absolute Gasteiger partial charge is 0.274 e. The summed E-state index contributed by atoms with van der Waals surface area (Å²) >= 11 is 0. The van der Waals surface area contributed by atoms with Crippen LogP contribution in [-0.2, 0) is 0 Å². The fraction of sp³-hybridized carbons (Fsp3) is 0. The van der Waals surface area contributed by atoms with Crippen molar-refractivity contribution in [3.63, 3.8) is 0 Å². The van der Waals surface area contributed by atoms with E-state index in [1.54, 1.807) is 6.07 Å². The number of carbonyl (C=O) groups is 1. The highest BCUT2D eigenvalue weighted by molar-refractivity contribution is 6.03. The van der Waals surface area contributed by atoms with Crippen molar-refractivity contribution in [3.05, 3.63) is 77.9 Å². The van der Waals surface area contributed by atoms with Gasteiger partial charge in [-0.05, 0) is 36.4 Å². The minimum Gasteiger partial charge on any atom is -0.324 e. The number of nitrogens with one attached hydrogen (secondary N) is 2. The van der Waals surface area contributed by atoms with E-state index in [1.807, 2.05) is 0 Å². The van der Waals surface area contributed by atoms with Gasteiger partial charge in [0, 0.05) is 11.9 Å². The van der Waals surface area contributed by atoms with Crippen molar-refractivity contribution in [1.29, 1.82) is 0 Å². The summed E-state index contributed by atoms with van der Waals surface area (Å²) < 4.78 is 40.4. The van der Waals surface area contributed by atoms with E-state index in [0.717, 1.165) is 12.1 Å². The Balaban J connectivity index is 1.80. The summed E-state index contributed by atoms with van der Waals surface area (Å²) in [6.07, 6.45) is 1.29. The van der Waals surface area contributed by atoms with Gasteiger partial charge in [-0.3, -0.25) is 4.79 Å². The van der Waals surface area contributed by atoms with E-state index in [9.17, 15) is 18.0 Å². The molecule has 2 N–H and O–H groups in total. The quantitative estimate of drug-likeness (QED) is 0.753. The molecule has 0 saturated heterocycles. The third kappa shape index (κ3) is 3.92. The second-order valence-corrected chi connectivity index (χ2v) is 4.95. The second-order valence-electron chi connectivity index (χ2n) is 4.95. The van der Waals surface area contributed by atoms with Gasteiger partial charge in [0.15, 0.2) is 0 Å². The van der Waals surface area contributed by atoms with Gasteiger partial charge in [-0.25, -0.2) is 23.1 Å². The van der Waals surface area contributed by atoms with Crippen LogP contribution in [0, 0.1) is 17.5 Å². The number of rotatable bonds is 4. The predicted molar refractivity (Wildman–Crippen MR) is 86.0 cm³/mol. The van der Waals surface area contributed by atoms with Gasteiger partial charge >= 0.3 is 0 Å². The Morgan fingerprint density at radius 1 is 0.960 bits per heavy atom. The summed E-state index contributed by atoms with van der Waals surface area (Å²) in [6, 6.07) is 10.1. The second kappa shape index (κ2) is 7.00. The average Bonchev–Trinajstić information content (AvgIpc) is 2.58. The molecule has 0 aliphatic heterocycles. The molecule has 3 rings (SSSR count). The summed E-state index contributed by atoms with van der Waals surface area (Å²) in [7, 11) is 0. The van der Waals surface area contributed by atoms with Crippen LogP contribution in [0.3, 0.4) is 0 Å². The lowest BCUT2D eigenvalue weighted by Crippen LogP contribution is -2.16. The zero-order valence-electron chi connectivity index (χ0n) is 12.6. The van der Waals surface area contributed by atoms with Gasteiger partial charge in [-0.15, -0.1) is 0 Å². The van der Waals surface area contributed by atoms with Gasteiger partial charge in [0.05, 0.1) is 0 Å². The molecule has 0 aliphatic carbocycles. The minimum atomic E-state index is -0.902. The van der Waals surface area contributed by atoms with Gasteiger partial charge in [-0.1, -0.05) is 12.1 Å². The molecule has 1 amide bonds. The van der Waals surface area contributed by atoms with E-state index >= 15 is 0 Å². The van der Waals surface area contributed by atoms with Crippen LogP contribution in [0.15, 0.2) is 54.7 Å². The lowest BCUT2D eigenvalue weighted by atomic mass is 10.2. The van der Waals surface area contributed by atoms with E-state index in [0.29, 0.717) is 5.69 Å². The summed E-state index contributed by atoms with van der Waals surface area (Å²) in [6.45, 7) is 0. The molecule has 0 saturated carbocycles. The monoisotopic (exact) mass is 344 g/mol. The number of benzene rings is 2. The normalized spacial score (nSPS) is 10.4. The number of amides is 1. The van der Waals surface area contributed by atoms with Crippen molar-refractivity contribution in [2.24, 2.45) is 0 Å². The van der Waals surface area contributed by atoms with E-state index in [-0.39, 0.29) is 11.6 Å². The Morgan fingerprint density at radius 3 is 2.40 bits per heavy atom. The van der Waals surface area contributed by atoms with Crippen molar-refractivity contribution < 1.29 is 18.0 Å². The molecule has 0 atom stereocenters. The molecule has 1 aromatic heterocycles. The number of para-hydroxylation sites is 1. The predicted octanol–water partition coefficient (Wildman–Crippen LogP) is 3.89. The molecule has 126 valence electrons. The molecular formula is C17H11F3N4O. The Bertz CT molecular complexity index is 913. The van der Waals surface area contributed by atoms with Crippen molar-refractivity contribution in [1.82, 2.24) is 9.97 Å². The highest BCUT2D eigenvalue weighted by atomic mass is 19.1. The summed E-state index contributed by atoms with van der Waals surface area (Å²) in [5.41, 5.74) is -0.292. The van der Waals surface area contributed by atoms with Crippen LogP contribution < -0.4 is 10.6 Å². The highest BCUT2D eigenvalue weighted by Gasteiger charge is 2.15. The summed E-state index contributed by atoms with van der Waals surface area (Å²) in [4.78, 5) is 20.0. The molecule has 0 radical (unpaired) electrons. The maximum atomic E-state index is 13.6. The minimum absolute atomic E-state index is 0.0345. The van der Waals surface area contributed by atoms with E-state index in [2.05, 4.69) is 20.6 Å². The molecule has 0 bridgehead atoms. The van der Waals surface area contributed by atoms with Crippen LogP contribution >= 0.6 is 0 Å². The fourth-order valence-corrected chi connectivity index (χ4v) is 2.04. The van der Waals surface area contributed by atoms with E-state index in [4.69, 9.17) is 0 Å². The van der Waals surface area contributed by atoms with E-state index < -0.39 is 29.0 Å². The molecule has 2 aromatic carbocycles. The first-order valence-electron chi connectivity index (χ1n) is 7.14. The van der Waals surface area contributed by atoms with Crippen LogP contribution in [-0.4, -0.2) is 15.9 Å². The lowest BCUT2D eigenvalue weighted by Gasteiger charge is -2.08. The van der Waals surface area contributed by atoms with Crippen molar-refractivity contribution in [2.45, 2.75) is 0 Å². The number of hydrogen-bond acceptors (Lipinski definition) is 4. The Labute approximate surface area is 140 Å². The maximum Gasteiger partial charge on any atom is 0.274 e. The van der Waals surface area contributed by atoms with E-state index in [1.165, 1.54) is 36.5 Å². The van der Waals surface area contributed by atoms with Crippen molar-refractivity contribution in [3.8, 4) is 0 Å². The Hall–Kier alpha value is -3.42. The highest BCUT2D eigenvalue weighted by Crippen LogP contribution is 2.19. The molecule has 0 aliphatic rings. The van der Waals surface area contributed by atoms with Crippen LogP contribution in [0.25, 0.3) is 0 Å². The van der Waals surface area contributed by atoms with Crippen molar-refractivity contribution >= 4 is 23.2 Å². The largest absolute Gasteiger partial charge is 0.324 e. The molecule has 5 nitrogen and oxygen atoms in total.